The van der Waals surface area contributed by atoms with Crippen LogP contribution in [0.25, 0.3) is 0 Å². The Bertz CT molecular complexity index is 930. The number of piperazine rings is 1. The van der Waals surface area contributed by atoms with Gasteiger partial charge in [-0.15, -0.1) is 0 Å². The number of amides is 1. The van der Waals surface area contributed by atoms with Gasteiger partial charge in [-0.05, 0) is 30.7 Å². The van der Waals surface area contributed by atoms with Gasteiger partial charge in [0.1, 0.15) is 17.6 Å². The van der Waals surface area contributed by atoms with E-state index in [1.165, 1.54) is 0 Å². The van der Waals surface area contributed by atoms with Crippen molar-refractivity contribution in [1.29, 1.82) is 0 Å². The van der Waals surface area contributed by atoms with Gasteiger partial charge in [-0.25, -0.2) is 0 Å². The smallest absolute Gasteiger partial charge is 0.223 e. The molecule has 1 saturated heterocycles. The number of halogens is 1. The lowest BCUT2D eigenvalue weighted by Gasteiger charge is -2.36. The van der Waals surface area contributed by atoms with Crippen LogP contribution in [0.5, 0.6) is 11.5 Å². The Balaban J connectivity index is 1.30. The van der Waals surface area contributed by atoms with Crippen molar-refractivity contribution in [1.82, 2.24) is 9.80 Å². The SMILES string of the molecule is CCC1CN(CCC(=O)N2CCN(c3cccc(OC)c3)CC2)Cc2ccc(Cl)cc2O1. The normalized spacial score (nSPS) is 19.2. The molecule has 4 rings (SSSR count). The summed E-state index contributed by atoms with van der Waals surface area (Å²) < 4.78 is 11.5. The van der Waals surface area contributed by atoms with Gasteiger partial charge in [0.2, 0.25) is 5.91 Å². The van der Waals surface area contributed by atoms with E-state index in [1.54, 1.807) is 7.11 Å². The summed E-state index contributed by atoms with van der Waals surface area (Å²) in [7, 11) is 1.68. The molecule has 32 heavy (non-hydrogen) atoms. The monoisotopic (exact) mass is 457 g/mol. The van der Waals surface area contributed by atoms with Crippen LogP contribution < -0.4 is 14.4 Å². The second-order valence-electron chi connectivity index (χ2n) is 8.45. The number of hydrogen-bond donors (Lipinski definition) is 0. The molecule has 1 atom stereocenters. The van der Waals surface area contributed by atoms with Gasteiger partial charge in [0.15, 0.2) is 0 Å². The molecule has 0 aromatic heterocycles. The van der Waals surface area contributed by atoms with E-state index in [0.29, 0.717) is 11.4 Å². The van der Waals surface area contributed by atoms with Crippen molar-refractivity contribution in [2.45, 2.75) is 32.4 Å². The zero-order valence-electron chi connectivity index (χ0n) is 18.9. The molecule has 6 nitrogen and oxygen atoms in total. The highest BCUT2D eigenvalue weighted by atomic mass is 35.5. The quantitative estimate of drug-likeness (QED) is 0.654. The fraction of sp³-hybridized carbons (Fsp3) is 0.480. The number of carbonyl (C=O) groups is 1. The van der Waals surface area contributed by atoms with Gasteiger partial charge in [0.25, 0.3) is 0 Å². The first kappa shape index (κ1) is 22.7. The minimum Gasteiger partial charge on any atom is -0.497 e. The Morgan fingerprint density at radius 2 is 1.97 bits per heavy atom. The molecule has 1 amide bonds. The van der Waals surface area contributed by atoms with E-state index in [0.717, 1.165) is 75.0 Å². The fourth-order valence-corrected chi connectivity index (χ4v) is 4.56. The Labute approximate surface area is 195 Å². The van der Waals surface area contributed by atoms with Gasteiger partial charge >= 0.3 is 0 Å². The summed E-state index contributed by atoms with van der Waals surface area (Å²) >= 11 is 6.16. The number of nitrogens with zero attached hydrogens (tertiary/aromatic N) is 3. The van der Waals surface area contributed by atoms with Crippen LogP contribution in [0, 0.1) is 0 Å². The Morgan fingerprint density at radius 3 is 2.72 bits per heavy atom. The van der Waals surface area contributed by atoms with Crippen molar-refractivity contribution in [3.63, 3.8) is 0 Å². The van der Waals surface area contributed by atoms with Crippen molar-refractivity contribution in [3.8, 4) is 11.5 Å². The molecule has 2 heterocycles. The second kappa shape index (κ2) is 10.5. The highest BCUT2D eigenvalue weighted by Gasteiger charge is 2.25. The summed E-state index contributed by atoms with van der Waals surface area (Å²) in [5.41, 5.74) is 2.27. The van der Waals surface area contributed by atoms with Crippen molar-refractivity contribution in [3.05, 3.63) is 53.1 Å². The van der Waals surface area contributed by atoms with Crippen LogP contribution in [0.2, 0.25) is 5.02 Å². The Morgan fingerprint density at radius 1 is 1.16 bits per heavy atom. The van der Waals surface area contributed by atoms with E-state index in [1.807, 2.05) is 41.3 Å². The number of hydrogen-bond acceptors (Lipinski definition) is 5. The van der Waals surface area contributed by atoms with E-state index >= 15 is 0 Å². The summed E-state index contributed by atoms with van der Waals surface area (Å²) in [6.07, 6.45) is 1.55. The summed E-state index contributed by atoms with van der Waals surface area (Å²) in [6, 6.07) is 13.9. The summed E-state index contributed by atoms with van der Waals surface area (Å²) in [5, 5.41) is 0.690. The van der Waals surface area contributed by atoms with Gasteiger partial charge in [-0.1, -0.05) is 30.7 Å². The van der Waals surface area contributed by atoms with Crippen LogP contribution >= 0.6 is 11.6 Å². The number of carbonyl (C=O) groups excluding carboxylic acids is 1. The average molecular weight is 458 g/mol. The zero-order chi connectivity index (χ0) is 22.5. The molecule has 7 heteroatoms. The number of benzene rings is 2. The third kappa shape index (κ3) is 5.48. The molecule has 0 spiro atoms. The molecule has 2 aliphatic rings. The second-order valence-corrected chi connectivity index (χ2v) is 8.89. The lowest BCUT2D eigenvalue weighted by atomic mass is 10.2. The van der Waals surface area contributed by atoms with Gasteiger partial charge < -0.3 is 19.3 Å². The molecule has 1 unspecified atom stereocenters. The molecule has 1 fully saturated rings. The van der Waals surface area contributed by atoms with Crippen molar-refractivity contribution < 1.29 is 14.3 Å². The van der Waals surface area contributed by atoms with E-state index in [-0.39, 0.29) is 12.0 Å². The van der Waals surface area contributed by atoms with Crippen LogP contribution in [0.3, 0.4) is 0 Å². The van der Waals surface area contributed by atoms with Crippen molar-refractivity contribution >= 4 is 23.2 Å². The molecular weight excluding hydrogens is 426 g/mol. The molecule has 0 bridgehead atoms. The van der Waals surface area contributed by atoms with Crippen LogP contribution in [-0.4, -0.2) is 68.2 Å². The molecule has 0 N–H and O–H groups in total. The zero-order valence-corrected chi connectivity index (χ0v) is 19.7. The van der Waals surface area contributed by atoms with Crippen LogP contribution in [0.4, 0.5) is 5.69 Å². The van der Waals surface area contributed by atoms with Gasteiger partial charge in [-0.2, -0.15) is 0 Å². The van der Waals surface area contributed by atoms with E-state index < -0.39 is 0 Å². The maximum atomic E-state index is 12.9. The standard InChI is InChI=1S/C25H32ClN3O3/c1-3-22-18-27(17-19-7-8-20(26)15-24(19)32-22)10-9-25(30)29-13-11-28(12-14-29)21-5-4-6-23(16-21)31-2/h4-8,15-16,22H,3,9-14,17-18H2,1-2H3. The van der Waals surface area contributed by atoms with Crippen LogP contribution in [0.15, 0.2) is 42.5 Å². The first-order valence-corrected chi connectivity index (χ1v) is 11.8. The maximum Gasteiger partial charge on any atom is 0.223 e. The van der Waals surface area contributed by atoms with Crippen LogP contribution in [-0.2, 0) is 11.3 Å². The van der Waals surface area contributed by atoms with Gasteiger partial charge in [0.05, 0.1) is 7.11 Å². The number of rotatable bonds is 6. The van der Waals surface area contributed by atoms with E-state index in [9.17, 15) is 4.79 Å². The Kier molecular flexibility index (Phi) is 7.43. The fourth-order valence-electron chi connectivity index (χ4n) is 4.39. The van der Waals surface area contributed by atoms with Crippen molar-refractivity contribution in [2.24, 2.45) is 0 Å². The predicted molar refractivity (Wildman–Crippen MR) is 128 cm³/mol. The minimum atomic E-state index is 0.108. The third-order valence-corrected chi connectivity index (χ3v) is 6.56. The summed E-state index contributed by atoms with van der Waals surface area (Å²) in [6.45, 7) is 7.63. The molecule has 2 aliphatic heterocycles. The lowest BCUT2D eigenvalue weighted by molar-refractivity contribution is -0.131. The first-order valence-electron chi connectivity index (χ1n) is 11.4. The van der Waals surface area contributed by atoms with E-state index in [4.69, 9.17) is 21.1 Å². The molecule has 0 radical (unpaired) electrons. The lowest BCUT2D eigenvalue weighted by Crippen LogP contribution is -2.49. The first-order chi connectivity index (χ1) is 15.6. The molecular formula is C25H32ClN3O3. The maximum absolute atomic E-state index is 12.9. The highest BCUT2D eigenvalue weighted by Crippen LogP contribution is 2.29. The summed E-state index contributed by atoms with van der Waals surface area (Å²) in [5.74, 6) is 1.95. The molecule has 2 aromatic rings. The third-order valence-electron chi connectivity index (χ3n) is 6.33. The molecule has 2 aromatic carbocycles. The number of fused-ring (bicyclic) bond motifs is 1. The van der Waals surface area contributed by atoms with Crippen molar-refractivity contribution in [2.75, 3.05) is 51.3 Å². The number of ether oxygens (including phenoxy) is 2. The largest absolute Gasteiger partial charge is 0.497 e. The summed E-state index contributed by atoms with van der Waals surface area (Å²) in [4.78, 5) is 19.6. The van der Waals surface area contributed by atoms with Gasteiger partial charge in [-0.3, -0.25) is 9.69 Å². The predicted octanol–water partition coefficient (Wildman–Crippen LogP) is 4.06. The van der Waals surface area contributed by atoms with E-state index in [2.05, 4.69) is 22.8 Å². The Hall–Kier alpha value is -2.44. The number of anilines is 1. The minimum absolute atomic E-state index is 0.108. The number of methoxy groups -OCH3 is 1. The van der Waals surface area contributed by atoms with Gasteiger partial charge in [0, 0.05) is 74.6 Å². The highest BCUT2D eigenvalue weighted by molar-refractivity contribution is 6.30. The molecule has 172 valence electrons. The average Bonchev–Trinajstić information content (AvgIpc) is 3.01. The van der Waals surface area contributed by atoms with Crippen LogP contribution in [0.1, 0.15) is 25.3 Å². The topological polar surface area (TPSA) is 45.3 Å². The molecule has 0 aliphatic carbocycles. The molecule has 0 saturated carbocycles.